The number of benzene rings is 2. The molecule has 1 aromatic heterocycles. The summed E-state index contributed by atoms with van der Waals surface area (Å²) in [4.78, 5) is 12.5. The minimum atomic E-state index is -4.28. The molecule has 0 aliphatic heterocycles. The van der Waals surface area contributed by atoms with Crippen LogP contribution in [0.15, 0.2) is 59.5 Å². The smallest absolute Gasteiger partial charge is 0.244 e. The highest BCUT2D eigenvalue weighted by Gasteiger charge is 2.29. The predicted octanol–water partition coefficient (Wildman–Crippen LogP) is 3.50. The Morgan fingerprint density at radius 1 is 1.06 bits per heavy atom. The number of carbonyl (C=O) groups is 1. The molecule has 164 valence electrons. The predicted molar refractivity (Wildman–Crippen MR) is 118 cm³/mol. The molecule has 0 fully saturated rings. The van der Waals surface area contributed by atoms with E-state index in [4.69, 9.17) is 0 Å². The zero-order valence-corrected chi connectivity index (χ0v) is 18.9. The van der Waals surface area contributed by atoms with Gasteiger partial charge in [0.2, 0.25) is 21.1 Å². The number of halogens is 1. The van der Waals surface area contributed by atoms with Gasteiger partial charge in [0.1, 0.15) is 21.8 Å². The molecule has 10 heteroatoms. The number of hydrogen-bond acceptors (Lipinski definition) is 6. The molecular weight excluding hydrogens is 439 g/mol. The summed E-state index contributed by atoms with van der Waals surface area (Å²) in [5, 5.41) is 11.7. The summed E-state index contributed by atoms with van der Waals surface area (Å²) in [6.07, 6.45) is 0.0747. The van der Waals surface area contributed by atoms with E-state index in [1.165, 1.54) is 23.5 Å². The summed E-state index contributed by atoms with van der Waals surface area (Å²) < 4.78 is 42.0. The molecule has 3 aromatic rings. The normalized spacial score (nSPS) is 13.0. The lowest BCUT2D eigenvalue weighted by Crippen LogP contribution is -2.45. The van der Waals surface area contributed by atoms with E-state index < -0.39 is 32.7 Å². The fourth-order valence-corrected chi connectivity index (χ4v) is 4.80. The first kappa shape index (κ1) is 23.0. The van der Waals surface area contributed by atoms with Crippen molar-refractivity contribution in [2.75, 3.05) is 5.32 Å². The first-order valence-electron chi connectivity index (χ1n) is 9.52. The zero-order valence-electron chi connectivity index (χ0n) is 17.3. The van der Waals surface area contributed by atoms with E-state index >= 15 is 0 Å². The minimum Gasteiger partial charge on any atom is -0.299 e. The maximum Gasteiger partial charge on any atom is 0.244 e. The van der Waals surface area contributed by atoms with Crippen molar-refractivity contribution in [3.63, 3.8) is 0 Å². The molecule has 0 saturated heterocycles. The molecule has 1 amide bonds. The van der Waals surface area contributed by atoms with Crippen LogP contribution in [0.1, 0.15) is 31.3 Å². The Bertz CT molecular complexity index is 1160. The van der Waals surface area contributed by atoms with E-state index in [1.807, 2.05) is 26.8 Å². The summed E-state index contributed by atoms with van der Waals surface area (Å²) in [5.74, 6) is -1.51. The summed E-state index contributed by atoms with van der Waals surface area (Å²) in [5.41, 5.74) is 0.503. The third kappa shape index (κ3) is 5.93. The first-order chi connectivity index (χ1) is 14.6. The van der Waals surface area contributed by atoms with Gasteiger partial charge in [-0.3, -0.25) is 10.1 Å². The van der Waals surface area contributed by atoms with Crippen LogP contribution in [0.2, 0.25) is 0 Å². The molecule has 1 heterocycles. The standard InChI is InChI=1S/C21H23FN4O3S2/c1-21(2,3)19-24-25-20(30-19)23-18(27)16(13-14-9-5-4-6-10-14)26-31(28,29)17-12-8-7-11-15(17)22/h4-12,16,26H,13H2,1-3H3,(H,23,25,27)/t16-/m0/s1. The fraction of sp³-hybridized carbons (Fsp3) is 0.286. The Kier molecular flexibility index (Phi) is 6.83. The average Bonchev–Trinajstić information content (AvgIpc) is 3.17. The second-order valence-electron chi connectivity index (χ2n) is 7.95. The Hall–Kier alpha value is -2.69. The third-order valence-corrected chi connectivity index (χ3v) is 7.09. The van der Waals surface area contributed by atoms with Gasteiger partial charge in [0.15, 0.2) is 0 Å². The van der Waals surface area contributed by atoms with E-state index in [0.717, 1.165) is 22.7 Å². The van der Waals surface area contributed by atoms with Crippen LogP contribution in [0.4, 0.5) is 9.52 Å². The molecule has 31 heavy (non-hydrogen) atoms. The van der Waals surface area contributed by atoms with Gasteiger partial charge in [0, 0.05) is 5.41 Å². The van der Waals surface area contributed by atoms with Crippen molar-refractivity contribution in [3.05, 3.63) is 71.0 Å². The minimum absolute atomic E-state index is 0.0747. The maximum atomic E-state index is 14.1. The van der Waals surface area contributed by atoms with Gasteiger partial charge >= 0.3 is 0 Å². The number of sulfonamides is 1. The number of carbonyl (C=O) groups excluding carboxylic acids is 1. The van der Waals surface area contributed by atoms with E-state index in [2.05, 4.69) is 20.2 Å². The lowest BCUT2D eigenvalue weighted by atomic mass is 9.98. The quantitative estimate of drug-likeness (QED) is 0.560. The van der Waals surface area contributed by atoms with Crippen LogP contribution in [0.25, 0.3) is 0 Å². The van der Waals surface area contributed by atoms with Crippen molar-refractivity contribution >= 4 is 32.4 Å². The Morgan fingerprint density at radius 3 is 2.32 bits per heavy atom. The number of rotatable bonds is 7. The molecule has 7 nitrogen and oxygen atoms in total. The fourth-order valence-electron chi connectivity index (χ4n) is 2.72. The number of nitrogens with one attached hydrogen (secondary N) is 2. The average molecular weight is 463 g/mol. The second-order valence-corrected chi connectivity index (χ2v) is 10.6. The molecular formula is C21H23FN4O3S2. The van der Waals surface area contributed by atoms with Crippen molar-refractivity contribution in [2.45, 2.75) is 43.5 Å². The van der Waals surface area contributed by atoms with E-state index in [-0.39, 0.29) is 17.0 Å². The number of anilines is 1. The molecule has 0 bridgehead atoms. The largest absolute Gasteiger partial charge is 0.299 e. The summed E-state index contributed by atoms with van der Waals surface area (Å²) in [7, 11) is -4.28. The highest BCUT2D eigenvalue weighted by molar-refractivity contribution is 7.89. The number of aromatic nitrogens is 2. The van der Waals surface area contributed by atoms with Crippen molar-refractivity contribution in [3.8, 4) is 0 Å². The summed E-state index contributed by atoms with van der Waals surface area (Å²) in [6.45, 7) is 5.92. The third-order valence-electron chi connectivity index (χ3n) is 4.32. The van der Waals surface area contributed by atoms with Crippen LogP contribution in [-0.2, 0) is 26.7 Å². The van der Waals surface area contributed by atoms with Crippen molar-refractivity contribution in [2.24, 2.45) is 0 Å². The summed E-state index contributed by atoms with van der Waals surface area (Å²) >= 11 is 1.22. The molecule has 0 unspecified atom stereocenters. The number of nitrogens with zero attached hydrogens (tertiary/aromatic N) is 2. The molecule has 1 atom stereocenters. The molecule has 2 N–H and O–H groups in total. The second kappa shape index (κ2) is 9.21. The van der Waals surface area contributed by atoms with Gasteiger partial charge in [-0.15, -0.1) is 10.2 Å². The molecule has 0 saturated carbocycles. The number of hydrogen-bond donors (Lipinski definition) is 2. The van der Waals surface area contributed by atoms with Crippen LogP contribution in [-0.4, -0.2) is 30.6 Å². The highest BCUT2D eigenvalue weighted by atomic mass is 32.2. The number of amides is 1. The van der Waals surface area contributed by atoms with Crippen molar-refractivity contribution in [1.82, 2.24) is 14.9 Å². The maximum absolute atomic E-state index is 14.1. The van der Waals surface area contributed by atoms with Crippen LogP contribution in [0, 0.1) is 5.82 Å². The zero-order chi connectivity index (χ0) is 22.6. The van der Waals surface area contributed by atoms with Crippen molar-refractivity contribution in [1.29, 1.82) is 0 Å². The molecule has 0 spiro atoms. The van der Waals surface area contributed by atoms with Crippen LogP contribution < -0.4 is 10.0 Å². The molecule has 0 aliphatic carbocycles. The van der Waals surface area contributed by atoms with E-state index in [1.54, 1.807) is 24.3 Å². The van der Waals surface area contributed by atoms with E-state index in [0.29, 0.717) is 0 Å². The lowest BCUT2D eigenvalue weighted by molar-refractivity contribution is -0.117. The monoisotopic (exact) mass is 462 g/mol. The molecule has 0 radical (unpaired) electrons. The van der Waals surface area contributed by atoms with Crippen LogP contribution in [0.3, 0.4) is 0 Å². The van der Waals surface area contributed by atoms with E-state index in [9.17, 15) is 17.6 Å². The SMILES string of the molecule is CC(C)(C)c1nnc(NC(=O)[C@H](Cc2ccccc2)NS(=O)(=O)c2ccccc2F)s1. The van der Waals surface area contributed by atoms with Gasteiger partial charge in [-0.25, -0.2) is 12.8 Å². The summed E-state index contributed by atoms with van der Waals surface area (Å²) in [6, 6.07) is 12.8. The highest BCUT2D eigenvalue weighted by Crippen LogP contribution is 2.28. The van der Waals surface area contributed by atoms with Gasteiger partial charge in [-0.1, -0.05) is 74.6 Å². The van der Waals surface area contributed by atoms with Gasteiger partial charge in [-0.05, 0) is 24.1 Å². The van der Waals surface area contributed by atoms with Gasteiger partial charge < -0.3 is 0 Å². The first-order valence-corrected chi connectivity index (χ1v) is 11.8. The Morgan fingerprint density at radius 2 is 1.71 bits per heavy atom. The molecule has 0 aliphatic rings. The van der Waals surface area contributed by atoms with Gasteiger partial charge in [0.05, 0.1) is 0 Å². The van der Waals surface area contributed by atoms with Crippen LogP contribution >= 0.6 is 11.3 Å². The Labute approximate surface area is 184 Å². The lowest BCUT2D eigenvalue weighted by Gasteiger charge is -2.18. The van der Waals surface area contributed by atoms with Gasteiger partial charge in [0.25, 0.3) is 0 Å². The Balaban J connectivity index is 1.86. The topological polar surface area (TPSA) is 101 Å². The molecule has 3 rings (SSSR count). The molecule has 2 aromatic carbocycles. The van der Waals surface area contributed by atoms with Crippen molar-refractivity contribution < 1.29 is 17.6 Å². The van der Waals surface area contributed by atoms with Gasteiger partial charge in [-0.2, -0.15) is 4.72 Å². The van der Waals surface area contributed by atoms with Crippen LogP contribution in [0.5, 0.6) is 0 Å².